The van der Waals surface area contributed by atoms with Crippen molar-refractivity contribution in [3.05, 3.63) is 52.6 Å². The zero-order valence-corrected chi connectivity index (χ0v) is 23.3. The molecule has 0 radical (unpaired) electrons. The molecule has 4 aliphatic rings. The van der Waals surface area contributed by atoms with Crippen LogP contribution in [-0.4, -0.2) is 42.8 Å². The Labute approximate surface area is 230 Å². The number of ketones is 2. The molecule has 7 heteroatoms. The van der Waals surface area contributed by atoms with E-state index >= 15 is 0 Å². The summed E-state index contributed by atoms with van der Waals surface area (Å²) in [6, 6.07) is 7.82. The number of carbonyl (C=O) groups is 4. The van der Waals surface area contributed by atoms with Gasteiger partial charge < -0.3 is 14.8 Å². The van der Waals surface area contributed by atoms with E-state index in [1.54, 1.807) is 0 Å². The molecular formula is C32H39NO6. The standard InChI is InChI=1S/C32H39NO6/c1-20(34)39-32(29(36)19-38-30(37)13-6-21-4-8-23(33-3)9-5-21)17-15-28-27-11-7-22-18-24(35)10-12-25(22)26(27)14-16-31(28,32)2/h4-5,8-9,18,27-28,33H,6-7,10-17,19H2,1-3H3/t27-,28+,31+,32+/m1/s1. The van der Waals surface area contributed by atoms with E-state index in [1.165, 1.54) is 23.6 Å². The third kappa shape index (κ3) is 4.96. The average molecular weight is 534 g/mol. The minimum Gasteiger partial charge on any atom is -0.457 e. The van der Waals surface area contributed by atoms with Crippen molar-refractivity contribution in [3.8, 4) is 0 Å². The van der Waals surface area contributed by atoms with Crippen molar-refractivity contribution in [2.45, 2.75) is 83.7 Å². The van der Waals surface area contributed by atoms with Crippen LogP contribution in [0.15, 0.2) is 47.1 Å². The van der Waals surface area contributed by atoms with Crippen LogP contribution in [0.25, 0.3) is 0 Å². The number of ether oxygens (including phenoxy) is 2. The lowest BCUT2D eigenvalue weighted by atomic mass is 9.54. The monoisotopic (exact) mass is 533 g/mol. The second kappa shape index (κ2) is 10.7. The molecule has 39 heavy (non-hydrogen) atoms. The first-order valence-electron chi connectivity index (χ1n) is 14.3. The lowest BCUT2D eigenvalue weighted by Crippen LogP contribution is -2.57. The lowest BCUT2D eigenvalue weighted by molar-refractivity contribution is -0.186. The number of hydrogen-bond acceptors (Lipinski definition) is 7. The Morgan fingerprint density at radius 1 is 1.03 bits per heavy atom. The molecule has 5 rings (SSSR count). The van der Waals surface area contributed by atoms with E-state index in [0.29, 0.717) is 25.2 Å². The number of nitrogens with one attached hydrogen (secondary N) is 1. The predicted molar refractivity (Wildman–Crippen MR) is 147 cm³/mol. The number of Topliss-reactive ketones (excluding diaryl/α,β-unsaturated/α-hetero) is 1. The highest BCUT2D eigenvalue weighted by molar-refractivity contribution is 5.94. The first-order chi connectivity index (χ1) is 18.7. The highest BCUT2D eigenvalue weighted by atomic mass is 16.6. The normalized spacial score (nSPS) is 29.5. The van der Waals surface area contributed by atoms with E-state index < -0.39 is 23.0 Å². The van der Waals surface area contributed by atoms with Gasteiger partial charge in [0, 0.05) is 37.9 Å². The maximum Gasteiger partial charge on any atom is 0.306 e. The van der Waals surface area contributed by atoms with Gasteiger partial charge in [0.25, 0.3) is 0 Å². The van der Waals surface area contributed by atoms with Gasteiger partial charge in [0.15, 0.2) is 18.0 Å². The first-order valence-corrected chi connectivity index (χ1v) is 14.3. The number of hydrogen-bond donors (Lipinski definition) is 1. The van der Waals surface area contributed by atoms with Crippen LogP contribution in [0.5, 0.6) is 0 Å². The largest absolute Gasteiger partial charge is 0.457 e. The molecule has 1 aromatic rings. The summed E-state index contributed by atoms with van der Waals surface area (Å²) in [6.07, 6.45) is 8.53. The summed E-state index contributed by atoms with van der Waals surface area (Å²) in [6.45, 7) is 3.06. The van der Waals surface area contributed by atoms with Crippen LogP contribution in [0, 0.1) is 17.3 Å². The van der Waals surface area contributed by atoms with Gasteiger partial charge in [-0.25, -0.2) is 0 Å². The zero-order valence-electron chi connectivity index (χ0n) is 23.3. The molecule has 0 amide bonds. The van der Waals surface area contributed by atoms with E-state index in [2.05, 4.69) is 12.2 Å². The van der Waals surface area contributed by atoms with E-state index in [4.69, 9.17) is 9.47 Å². The van der Waals surface area contributed by atoms with Crippen molar-refractivity contribution in [1.29, 1.82) is 0 Å². The molecule has 0 aromatic heterocycles. The van der Waals surface area contributed by atoms with Crippen LogP contribution >= 0.6 is 0 Å². The van der Waals surface area contributed by atoms with Crippen LogP contribution in [0.1, 0.15) is 77.2 Å². The Morgan fingerprint density at radius 3 is 2.51 bits per heavy atom. The number of fused-ring (bicyclic) bond motifs is 4. The highest BCUT2D eigenvalue weighted by Crippen LogP contribution is 2.64. The molecule has 0 aliphatic heterocycles. The first kappa shape index (κ1) is 27.4. The van der Waals surface area contributed by atoms with Gasteiger partial charge in [-0.05, 0) is 98.1 Å². The van der Waals surface area contributed by atoms with Crippen LogP contribution in [-0.2, 0) is 35.1 Å². The third-order valence-corrected chi connectivity index (χ3v) is 9.84. The number of rotatable bonds is 8. The molecule has 1 aromatic carbocycles. The summed E-state index contributed by atoms with van der Waals surface area (Å²) in [5.41, 5.74) is 4.20. The minimum atomic E-state index is -1.29. The van der Waals surface area contributed by atoms with Crippen molar-refractivity contribution >= 4 is 29.2 Å². The molecule has 7 nitrogen and oxygen atoms in total. The molecule has 4 aliphatic carbocycles. The second-order valence-electron chi connectivity index (χ2n) is 11.8. The van der Waals surface area contributed by atoms with Gasteiger partial charge in [0.05, 0.1) is 0 Å². The second-order valence-corrected chi connectivity index (χ2v) is 11.8. The van der Waals surface area contributed by atoms with Crippen molar-refractivity contribution < 1.29 is 28.7 Å². The molecule has 0 spiro atoms. The fourth-order valence-electron chi connectivity index (χ4n) is 7.88. The molecule has 208 valence electrons. The minimum absolute atomic E-state index is 0.171. The van der Waals surface area contributed by atoms with E-state index in [-0.39, 0.29) is 30.5 Å². The van der Waals surface area contributed by atoms with Gasteiger partial charge in [0.1, 0.15) is 0 Å². The smallest absolute Gasteiger partial charge is 0.306 e. The van der Waals surface area contributed by atoms with E-state index in [0.717, 1.165) is 49.8 Å². The van der Waals surface area contributed by atoms with Crippen LogP contribution in [0.3, 0.4) is 0 Å². The number of benzene rings is 1. The average Bonchev–Trinajstić information content (AvgIpc) is 3.22. The number of aryl methyl sites for hydroxylation is 1. The Hall–Kier alpha value is -3.22. The summed E-state index contributed by atoms with van der Waals surface area (Å²) >= 11 is 0. The van der Waals surface area contributed by atoms with Crippen LogP contribution in [0.4, 0.5) is 5.69 Å². The molecule has 2 fully saturated rings. The lowest BCUT2D eigenvalue weighted by Gasteiger charge is -2.52. The Bertz CT molecular complexity index is 1240. The number of anilines is 1. The molecule has 0 unspecified atom stereocenters. The van der Waals surface area contributed by atoms with Crippen molar-refractivity contribution in [1.82, 2.24) is 0 Å². The Balaban J connectivity index is 1.30. The summed E-state index contributed by atoms with van der Waals surface area (Å²) in [5, 5.41) is 3.07. The van der Waals surface area contributed by atoms with Crippen molar-refractivity contribution in [2.75, 3.05) is 19.0 Å². The van der Waals surface area contributed by atoms with Gasteiger partial charge in [0.2, 0.25) is 5.78 Å². The summed E-state index contributed by atoms with van der Waals surface area (Å²) in [5.74, 6) is -0.489. The number of carbonyl (C=O) groups excluding carboxylic acids is 4. The fraction of sp³-hybridized carbons (Fsp3) is 0.562. The molecule has 4 atom stereocenters. The summed E-state index contributed by atoms with van der Waals surface area (Å²) < 4.78 is 11.4. The Morgan fingerprint density at radius 2 is 1.79 bits per heavy atom. The van der Waals surface area contributed by atoms with Gasteiger partial charge >= 0.3 is 11.9 Å². The maximum absolute atomic E-state index is 13.8. The van der Waals surface area contributed by atoms with Crippen LogP contribution in [0.2, 0.25) is 0 Å². The molecule has 0 heterocycles. The SMILES string of the molecule is CNc1ccc(CCC(=O)OCC(=O)[C@@]2(OC(C)=O)CC[C@H]3[C@@H]4CCC5=CC(=O)CCC5=C4CC[C@@]32C)cc1. The van der Waals surface area contributed by atoms with Gasteiger partial charge in [-0.3, -0.25) is 19.2 Å². The van der Waals surface area contributed by atoms with Crippen molar-refractivity contribution in [3.63, 3.8) is 0 Å². The third-order valence-electron chi connectivity index (χ3n) is 9.84. The summed E-state index contributed by atoms with van der Waals surface area (Å²) in [4.78, 5) is 50.7. The highest BCUT2D eigenvalue weighted by Gasteiger charge is 2.66. The van der Waals surface area contributed by atoms with E-state index in [9.17, 15) is 19.2 Å². The molecule has 0 saturated heterocycles. The number of esters is 2. The van der Waals surface area contributed by atoms with Crippen molar-refractivity contribution in [2.24, 2.45) is 17.3 Å². The molecule has 2 saturated carbocycles. The molecular weight excluding hydrogens is 494 g/mol. The number of allylic oxidation sites excluding steroid dienone is 4. The molecule has 1 N–H and O–H groups in total. The predicted octanol–water partition coefficient (Wildman–Crippen LogP) is 5.28. The zero-order chi connectivity index (χ0) is 27.8. The quantitative estimate of drug-likeness (QED) is 0.454. The maximum atomic E-state index is 13.8. The fourth-order valence-corrected chi connectivity index (χ4v) is 7.88. The summed E-state index contributed by atoms with van der Waals surface area (Å²) in [7, 11) is 1.85. The van der Waals surface area contributed by atoms with Crippen LogP contribution < -0.4 is 5.32 Å². The van der Waals surface area contributed by atoms with Gasteiger partial charge in [-0.15, -0.1) is 0 Å². The van der Waals surface area contributed by atoms with Gasteiger partial charge in [-0.2, -0.15) is 0 Å². The van der Waals surface area contributed by atoms with Gasteiger partial charge in [-0.1, -0.05) is 24.6 Å². The molecule has 0 bridgehead atoms. The Kier molecular flexibility index (Phi) is 7.53. The van der Waals surface area contributed by atoms with E-state index in [1.807, 2.05) is 37.4 Å². The topological polar surface area (TPSA) is 98.8 Å².